The fraction of sp³-hybridized carbons (Fsp3) is 0.300. The zero-order valence-electron chi connectivity index (χ0n) is 7.67. The van der Waals surface area contributed by atoms with E-state index in [9.17, 15) is 9.18 Å². The van der Waals surface area contributed by atoms with Crippen molar-refractivity contribution in [2.24, 2.45) is 5.73 Å². The highest BCUT2D eigenvalue weighted by Crippen LogP contribution is 2.22. The maximum absolute atomic E-state index is 12.8. The highest BCUT2D eigenvalue weighted by atomic mass is 19.1. The number of amides is 1. The van der Waals surface area contributed by atoms with Gasteiger partial charge in [0.1, 0.15) is 5.82 Å². The van der Waals surface area contributed by atoms with Crippen molar-refractivity contribution in [2.45, 2.75) is 19.3 Å². The molecule has 0 heterocycles. The molecule has 2 nitrogen and oxygen atoms in total. The molecule has 0 aliphatic heterocycles. The molecule has 1 rings (SSSR count). The van der Waals surface area contributed by atoms with Crippen LogP contribution in [0.1, 0.15) is 19.4 Å². The first-order chi connectivity index (χ1) is 5.94. The van der Waals surface area contributed by atoms with Gasteiger partial charge in [0, 0.05) is 0 Å². The Balaban J connectivity index is 3.14. The maximum atomic E-state index is 12.8. The highest BCUT2D eigenvalue weighted by molar-refractivity contribution is 5.85. The Hall–Kier alpha value is -1.38. The minimum Gasteiger partial charge on any atom is -0.369 e. The Morgan fingerprint density at radius 2 is 2.08 bits per heavy atom. The predicted octanol–water partition coefficient (Wildman–Crippen LogP) is 1.59. The molecular formula is C10H12FNO. The molecule has 0 spiro atoms. The summed E-state index contributed by atoms with van der Waals surface area (Å²) in [6, 6.07) is 5.91. The predicted molar refractivity (Wildman–Crippen MR) is 48.6 cm³/mol. The van der Waals surface area contributed by atoms with E-state index in [1.54, 1.807) is 26.0 Å². The van der Waals surface area contributed by atoms with Gasteiger partial charge in [-0.25, -0.2) is 4.39 Å². The molecule has 2 N–H and O–H groups in total. The third-order valence-electron chi connectivity index (χ3n) is 2.16. The molecule has 0 aliphatic rings. The van der Waals surface area contributed by atoms with Crippen LogP contribution < -0.4 is 5.73 Å². The first-order valence-electron chi connectivity index (χ1n) is 4.00. The number of hydrogen-bond donors (Lipinski definition) is 1. The van der Waals surface area contributed by atoms with E-state index in [1.807, 2.05) is 0 Å². The van der Waals surface area contributed by atoms with Gasteiger partial charge in [0.05, 0.1) is 5.41 Å². The molecule has 13 heavy (non-hydrogen) atoms. The zero-order chi connectivity index (χ0) is 10.1. The van der Waals surface area contributed by atoms with Crippen LogP contribution in [0.15, 0.2) is 24.3 Å². The second kappa shape index (κ2) is 3.17. The van der Waals surface area contributed by atoms with Crippen LogP contribution in [0.25, 0.3) is 0 Å². The lowest BCUT2D eigenvalue weighted by molar-refractivity contribution is -0.122. The summed E-state index contributed by atoms with van der Waals surface area (Å²) in [5.41, 5.74) is 4.97. The molecule has 1 amide bonds. The van der Waals surface area contributed by atoms with Gasteiger partial charge in [0.15, 0.2) is 0 Å². The first-order valence-corrected chi connectivity index (χ1v) is 4.00. The summed E-state index contributed by atoms with van der Waals surface area (Å²) in [5.74, 6) is -0.815. The summed E-state index contributed by atoms with van der Waals surface area (Å²) in [6.45, 7) is 3.34. The standard InChI is InChI=1S/C10H12FNO/c1-10(2,9(12)13)7-4-3-5-8(11)6-7/h3-6H,1-2H3,(H2,12,13). The van der Waals surface area contributed by atoms with Crippen LogP contribution in [0.5, 0.6) is 0 Å². The summed E-state index contributed by atoms with van der Waals surface area (Å²) < 4.78 is 12.8. The largest absolute Gasteiger partial charge is 0.369 e. The molecule has 0 saturated heterocycles. The number of carbonyl (C=O) groups is 1. The number of nitrogens with two attached hydrogens (primary N) is 1. The third-order valence-corrected chi connectivity index (χ3v) is 2.16. The third kappa shape index (κ3) is 1.86. The molecule has 0 aromatic heterocycles. The van der Waals surface area contributed by atoms with Crippen molar-refractivity contribution in [1.82, 2.24) is 0 Å². The monoisotopic (exact) mass is 181 g/mol. The summed E-state index contributed by atoms with van der Waals surface area (Å²) in [7, 11) is 0. The fourth-order valence-electron chi connectivity index (χ4n) is 1.02. The van der Waals surface area contributed by atoms with Gasteiger partial charge in [-0.05, 0) is 31.5 Å². The molecule has 0 bridgehead atoms. The molecular weight excluding hydrogens is 169 g/mol. The molecule has 3 heteroatoms. The number of primary amides is 1. The Labute approximate surface area is 76.6 Å². The Bertz CT molecular complexity index is 333. The van der Waals surface area contributed by atoms with E-state index in [0.29, 0.717) is 5.56 Å². The van der Waals surface area contributed by atoms with Gasteiger partial charge >= 0.3 is 0 Å². The summed E-state index contributed by atoms with van der Waals surface area (Å²) >= 11 is 0. The molecule has 0 unspecified atom stereocenters. The van der Waals surface area contributed by atoms with Gasteiger partial charge in [0.2, 0.25) is 5.91 Å². The maximum Gasteiger partial charge on any atom is 0.227 e. The Morgan fingerprint density at radius 3 is 2.54 bits per heavy atom. The Morgan fingerprint density at radius 1 is 1.46 bits per heavy atom. The lowest BCUT2D eigenvalue weighted by Crippen LogP contribution is -2.35. The van der Waals surface area contributed by atoms with Gasteiger partial charge < -0.3 is 5.73 Å². The summed E-state index contributed by atoms with van der Waals surface area (Å²) in [4.78, 5) is 11.0. The molecule has 0 atom stereocenters. The van der Waals surface area contributed by atoms with Gasteiger partial charge in [0.25, 0.3) is 0 Å². The van der Waals surface area contributed by atoms with Gasteiger partial charge in [-0.1, -0.05) is 12.1 Å². The molecule has 0 saturated carbocycles. The van der Waals surface area contributed by atoms with Crippen molar-refractivity contribution in [3.8, 4) is 0 Å². The van der Waals surface area contributed by atoms with Crippen molar-refractivity contribution in [1.29, 1.82) is 0 Å². The van der Waals surface area contributed by atoms with Crippen LogP contribution in [-0.2, 0) is 10.2 Å². The lowest BCUT2D eigenvalue weighted by atomic mass is 9.84. The van der Waals surface area contributed by atoms with Crippen LogP contribution in [0.4, 0.5) is 4.39 Å². The van der Waals surface area contributed by atoms with Gasteiger partial charge in [-0.15, -0.1) is 0 Å². The van der Waals surface area contributed by atoms with Crippen LogP contribution in [0.3, 0.4) is 0 Å². The average molecular weight is 181 g/mol. The second-order valence-corrected chi connectivity index (χ2v) is 3.50. The van der Waals surface area contributed by atoms with E-state index >= 15 is 0 Å². The molecule has 0 radical (unpaired) electrons. The SMILES string of the molecule is CC(C)(C(N)=O)c1cccc(F)c1. The van der Waals surface area contributed by atoms with Crippen molar-refractivity contribution in [3.05, 3.63) is 35.6 Å². The molecule has 70 valence electrons. The highest BCUT2D eigenvalue weighted by Gasteiger charge is 2.27. The number of hydrogen-bond acceptors (Lipinski definition) is 1. The van der Waals surface area contributed by atoms with E-state index in [1.165, 1.54) is 12.1 Å². The smallest absolute Gasteiger partial charge is 0.227 e. The van der Waals surface area contributed by atoms with Crippen LogP contribution in [-0.4, -0.2) is 5.91 Å². The van der Waals surface area contributed by atoms with E-state index in [-0.39, 0.29) is 5.82 Å². The minimum atomic E-state index is -0.817. The van der Waals surface area contributed by atoms with Crippen molar-refractivity contribution < 1.29 is 9.18 Å². The fourth-order valence-corrected chi connectivity index (χ4v) is 1.02. The van der Waals surface area contributed by atoms with Crippen molar-refractivity contribution in [2.75, 3.05) is 0 Å². The van der Waals surface area contributed by atoms with Gasteiger partial charge in [-0.2, -0.15) is 0 Å². The van der Waals surface area contributed by atoms with E-state index in [0.717, 1.165) is 0 Å². The number of rotatable bonds is 2. The quantitative estimate of drug-likeness (QED) is 0.739. The molecule has 1 aromatic carbocycles. The topological polar surface area (TPSA) is 43.1 Å². The lowest BCUT2D eigenvalue weighted by Gasteiger charge is -2.20. The molecule has 1 aromatic rings. The van der Waals surface area contributed by atoms with Crippen molar-refractivity contribution in [3.63, 3.8) is 0 Å². The van der Waals surface area contributed by atoms with E-state index in [2.05, 4.69) is 0 Å². The average Bonchev–Trinajstić information content (AvgIpc) is 2.04. The van der Waals surface area contributed by atoms with Crippen molar-refractivity contribution >= 4 is 5.91 Å². The van der Waals surface area contributed by atoms with Crippen LogP contribution >= 0.6 is 0 Å². The minimum absolute atomic E-state index is 0.355. The second-order valence-electron chi connectivity index (χ2n) is 3.50. The normalized spacial score (nSPS) is 11.3. The molecule has 0 aliphatic carbocycles. The number of halogens is 1. The van der Waals surface area contributed by atoms with E-state index in [4.69, 9.17) is 5.73 Å². The zero-order valence-corrected chi connectivity index (χ0v) is 7.67. The molecule has 0 fully saturated rings. The first kappa shape index (κ1) is 9.71. The Kier molecular flexibility index (Phi) is 2.36. The van der Waals surface area contributed by atoms with Gasteiger partial charge in [-0.3, -0.25) is 4.79 Å². The summed E-state index contributed by atoms with van der Waals surface area (Å²) in [5, 5.41) is 0. The van der Waals surface area contributed by atoms with Crippen LogP contribution in [0, 0.1) is 5.82 Å². The number of benzene rings is 1. The summed E-state index contributed by atoms with van der Waals surface area (Å²) in [6.07, 6.45) is 0. The van der Waals surface area contributed by atoms with Crippen LogP contribution in [0.2, 0.25) is 0 Å². The van der Waals surface area contributed by atoms with E-state index < -0.39 is 11.3 Å². The number of carbonyl (C=O) groups excluding carboxylic acids is 1.